The smallest absolute Gasteiger partial charge is 0.185 e. The van der Waals surface area contributed by atoms with Crippen molar-refractivity contribution in [3.05, 3.63) is 34.3 Å². The van der Waals surface area contributed by atoms with Gasteiger partial charge in [-0.15, -0.1) is 0 Å². The van der Waals surface area contributed by atoms with E-state index < -0.39 is 0 Å². The predicted octanol–water partition coefficient (Wildman–Crippen LogP) is 2.88. The first-order valence-corrected chi connectivity index (χ1v) is 5.08. The Hall–Kier alpha value is -0.380. The van der Waals surface area contributed by atoms with Crippen LogP contribution in [0.2, 0.25) is 0 Å². The zero-order chi connectivity index (χ0) is 9.26. The van der Waals surface area contributed by atoms with E-state index >= 15 is 0 Å². The predicted molar refractivity (Wildman–Crippen MR) is 53.4 cm³/mol. The Morgan fingerprint density at radius 1 is 1.38 bits per heavy atom. The van der Waals surface area contributed by atoms with Gasteiger partial charge in [0.15, 0.2) is 6.29 Å². The van der Waals surface area contributed by atoms with E-state index in [0.29, 0.717) is 6.61 Å². The van der Waals surface area contributed by atoms with Crippen LogP contribution < -0.4 is 0 Å². The number of ether oxygens (including phenoxy) is 2. The van der Waals surface area contributed by atoms with Gasteiger partial charge < -0.3 is 9.47 Å². The van der Waals surface area contributed by atoms with Crippen molar-refractivity contribution in [1.82, 2.24) is 0 Å². The fraction of sp³-hybridized carbons (Fsp3) is 0.400. The van der Waals surface area contributed by atoms with Crippen molar-refractivity contribution in [3.63, 3.8) is 0 Å². The number of halogens is 1. The SMILES string of the molecule is CC1COC(c2ccccc2Br)O1. The van der Waals surface area contributed by atoms with Crippen molar-refractivity contribution in [2.75, 3.05) is 6.61 Å². The molecule has 2 rings (SSSR count). The van der Waals surface area contributed by atoms with Crippen LogP contribution in [0.4, 0.5) is 0 Å². The molecule has 0 N–H and O–H groups in total. The Bertz CT molecular complexity index is 301. The molecule has 0 aliphatic carbocycles. The van der Waals surface area contributed by atoms with Crippen LogP contribution in [0, 0.1) is 0 Å². The highest BCUT2D eigenvalue weighted by Gasteiger charge is 2.25. The normalized spacial score (nSPS) is 27.8. The van der Waals surface area contributed by atoms with Gasteiger partial charge in [-0.05, 0) is 13.0 Å². The quantitative estimate of drug-likeness (QED) is 0.755. The highest BCUT2D eigenvalue weighted by molar-refractivity contribution is 9.10. The van der Waals surface area contributed by atoms with E-state index in [1.54, 1.807) is 0 Å². The first kappa shape index (κ1) is 9.19. The molecule has 0 spiro atoms. The highest BCUT2D eigenvalue weighted by atomic mass is 79.9. The van der Waals surface area contributed by atoms with Crippen LogP contribution >= 0.6 is 15.9 Å². The molecule has 3 heteroatoms. The van der Waals surface area contributed by atoms with Crippen molar-refractivity contribution in [2.24, 2.45) is 0 Å². The van der Waals surface area contributed by atoms with Crippen LogP contribution in [0.15, 0.2) is 28.7 Å². The third kappa shape index (κ3) is 1.93. The molecule has 1 saturated heterocycles. The zero-order valence-electron chi connectivity index (χ0n) is 7.37. The Labute approximate surface area is 86.0 Å². The molecular weight excluding hydrogens is 232 g/mol. The number of benzene rings is 1. The summed E-state index contributed by atoms with van der Waals surface area (Å²) in [6.45, 7) is 2.68. The molecule has 1 aromatic rings. The van der Waals surface area contributed by atoms with Gasteiger partial charge in [0, 0.05) is 10.0 Å². The molecule has 0 amide bonds. The van der Waals surface area contributed by atoms with Gasteiger partial charge in [-0.3, -0.25) is 0 Å². The maximum absolute atomic E-state index is 5.58. The average Bonchev–Trinajstić information content (AvgIpc) is 2.53. The summed E-state index contributed by atoms with van der Waals surface area (Å²) < 4.78 is 12.1. The minimum absolute atomic E-state index is 0.192. The number of rotatable bonds is 1. The summed E-state index contributed by atoms with van der Waals surface area (Å²) in [5.74, 6) is 0. The molecule has 1 aromatic carbocycles. The minimum atomic E-state index is -0.203. The summed E-state index contributed by atoms with van der Waals surface area (Å²) in [5.41, 5.74) is 1.06. The van der Waals surface area contributed by atoms with Crippen molar-refractivity contribution in [3.8, 4) is 0 Å². The van der Waals surface area contributed by atoms with Crippen molar-refractivity contribution in [2.45, 2.75) is 19.3 Å². The summed E-state index contributed by atoms with van der Waals surface area (Å²) in [6.07, 6.45) is -0.0114. The van der Waals surface area contributed by atoms with Crippen molar-refractivity contribution < 1.29 is 9.47 Å². The lowest BCUT2D eigenvalue weighted by molar-refractivity contribution is -0.0577. The maximum atomic E-state index is 5.58. The number of hydrogen-bond acceptors (Lipinski definition) is 2. The van der Waals surface area contributed by atoms with Gasteiger partial charge in [-0.1, -0.05) is 34.1 Å². The molecule has 2 atom stereocenters. The summed E-state index contributed by atoms with van der Waals surface area (Å²) in [6, 6.07) is 7.96. The first-order valence-electron chi connectivity index (χ1n) is 4.29. The van der Waals surface area contributed by atoms with Gasteiger partial charge in [0.25, 0.3) is 0 Å². The van der Waals surface area contributed by atoms with Crippen LogP contribution in [-0.4, -0.2) is 12.7 Å². The third-order valence-corrected chi connectivity index (χ3v) is 2.72. The Morgan fingerprint density at radius 3 is 2.77 bits per heavy atom. The monoisotopic (exact) mass is 242 g/mol. The molecule has 1 aliphatic rings. The molecule has 0 aromatic heterocycles. The largest absolute Gasteiger partial charge is 0.346 e. The Morgan fingerprint density at radius 2 is 2.15 bits per heavy atom. The molecule has 70 valence electrons. The minimum Gasteiger partial charge on any atom is -0.346 e. The van der Waals surface area contributed by atoms with Crippen LogP contribution in [0.25, 0.3) is 0 Å². The van der Waals surface area contributed by atoms with Crippen LogP contribution in [0.1, 0.15) is 18.8 Å². The second-order valence-electron chi connectivity index (χ2n) is 3.13. The summed E-state index contributed by atoms with van der Waals surface area (Å²) >= 11 is 3.47. The first-order chi connectivity index (χ1) is 6.27. The Kier molecular flexibility index (Phi) is 2.67. The fourth-order valence-corrected chi connectivity index (χ4v) is 1.81. The number of hydrogen-bond donors (Lipinski definition) is 0. The highest BCUT2D eigenvalue weighted by Crippen LogP contribution is 2.31. The molecule has 1 aliphatic heterocycles. The summed E-state index contributed by atoms with van der Waals surface area (Å²) in [7, 11) is 0. The third-order valence-electron chi connectivity index (χ3n) is 2.00. The zero-order valence-corrected chi connectivity index (χ0v) is 8.95. The topological polar surface area (TPSA) is 18.5 Å². The van der Waals surface area contributed by atoms with Crippen molar-refractivity contribution in [1.29, 1.82) is 0 Å². The van der Waals surface area contributed by atoms with Crippen LogP contribution in [-0.2, 0) is 9.47 Å². The van der Waals surface area contributed by atoms with E-state index in [4.69, 9.17) is 9.47 Å². The van der Waals surface area contributed by atoms with Gasteiger partial charge in [0.1, 0.15) is 0 Å². The molecule has 2 unspecified atom stereocenters. The Balaban J connectivity index is 2.21. The fourth-order valence-electron chi connectivity index (χ4n) is 1.34. The van der Waals surface area contributed by atoms with Gasteiger partial charge in [-0.2, -0.15) is 0 Å². The molecule has 2 nitrogen and oxygen atoms in total. The van der Waals surface area contributed by atoms with Crippen molar-refractivity contribution >= 4 is 15.9 Å². The molecule has 0 saturated carbocycles. The van der Waals surface area contributed by atoms with E-state index in [0.717, 1.165) is 10.0 Å². The van der Waals surface area contributed by atoms with Gasteiger partial charge in [0.2, 0.25) is 0 Å². The lowest BCUT2D eigenvalue weighted by atomic mass is 10.2. The molecule has 0 radical (unpaired) electrons. The van der Waals surface area contributed by atoms with Gasteiger partial charge >= 0.3 is 0 Å². The lowest BCUT2D eigenvalue weighted by Crippen LogP contribution is -2.02. The summed E-state index contributed by atoms with van der Waals surface area (Å²) in [4.78, 5) is 0. The average molecular weight is 243 g/mol. The second kappa shape index (κ2) is 3.78. The van der Waals surface area contributed by atoms with E-state index in [-0.39, 0.29) is 12.4 Å². The van der Waals surface area contributed by atoms with E-state index in [2.05, 4.69) is 15.9 Å². The molecular formula is C10H11BrO2. The second-order valence-corrected chi connectivity index (χ2v) is 3.99. The molecule has 13 heavy (non-hydrogen) atoms. The van der Waals surface area contributed by atoms with Crippen LogP contribution in [0.3, 0.4) is 0 Å². The van der Waals surface area contributed by atoms with Gasteiger partial charge in [0.05, 0.1) is 12.7 Å². The molecule has 0 bridgehead atoms. The molecule has 1 heterocycles. The van der Waals surface area contributed by atoms with Crippen LogP contribution in [0.5, 0.6) is 0 Å². The summed E-state index contributed by atoms with van der Waals surface area (Å²) in [5, 5.41) is 0. The van der Waals surface area contributed by atoms with E-state index in [1.807, 2.05) is 31.2 Å². The van der Waals surface area contributed by atoms with E-state index in [9.17, 15) is 0 Å². The lowest BCUT2D eigenvalue weighted by Gasteiger charge is -2.11. The van der Waals surface area contributed by atoms with E-state index in [1.165, 1.54) is 0 Å². The molecule has 1 fully saturated rings. The van der Waals surface area contributed by atoms with Gasteiger partial charge in [-0.25, -0.2) is 0 Å². The standard InChI is InChI=1S/C10H11BrO2/c1-7-6-12-10(13-7)8-4-2-3-5-9(8)11/h2-5,7,10H,6H2,1H3. The maximum Gasteiger partial charge on any atom is 0.185 e.